The topological polar surface area (TPSA) is 83.1 Å². The quantitative estimate of drug-likeness (QED) is 0.822. The molecule has 0 unspecified atom stereocenters. The maximum Gasteiger partial charge on any atom is 0.342 e. The van der Waals surface area contributed by atoms with Crippen LogP contribution in [0.15, 0.2) is 36.4 Å². The zero-order valence-electron chi connectivity index (χ0n) is 13.2. The van der Waals surface area contributed by atoms with E-state index in [0.717, 1.165) is 0 Å². The molecule has 0 spiro atoms. The first-order valence-corrected chi connectivity index (χ1v) is 7.65. The molecule has 2 aromatic carbocycles. The molecule has 25 heavy (non-hydrogen) atoms. The van der Waals surface area contributed by atoms with E-state index in [1.165, 1.54) is 25.3 Å². The lowest BCUT2D eigenvalue weighted by molar-refractivity contribution is -0.119. The Hall–Kier alpha value is -2.93. The van der Waals surface area contributed by atoms with Gasteiger partial charge in [0, 0.05) is 16.8 Å². The minimum Gasteiger partial charge on any atom is -0.496 e. The number of esters is 1. The van der Waals surface area contributed by atoms with Gasteiger partial charge in [-0.1, -0.05) is 11.6 Å². The molecule has 0 saturated heterocycles. The van der Waals surface area contributed by atoms with Gasteiger partial charge in [0.25, 0.3) is 5.91 Å². The number of rotatable bonds is 5. The van der Waals surface area contributed by atoms with Crippen LogP contribution in [0.3, 0.4) is 0 Å². The lowest BCUT2D eigenvalue weighted by Crippen LogP contribution is -2.21. The van der Waals surface area contributed by atoms with Gasteiger partial charge in [0.2, 0.25) is 6.79 Å². The number of fused-ring (bicyclic) bond motifs is 1. The van der Waals surface area contributed by atoms with E-state index < -0.39 is 18.5 Å². The van der Waals surface area contributed by atoms with Crippen molar-refractivity contribution in [3.05, 3.63) is 47.0 Å². The van der Waals surface area contributed by atoms with E-state index in [4.69, 9.17) is 30.5 Å². The fourth-order valence-electron chi connectivity index (χ4n) is 2.21. The van der Waals surface area contributed by atoms with Gasteiger partial charge in [-0.25, -0.2) is 4.79 Å². The number of anilines is 1. The van der Waals surface area contributed by atoms with Crippen LogP contribution in [0.2, 0.25) is 5.02 Å². The molecular weight excluding hydrogens is 350 g/mol. The van der Waals surface area contributed by atoms with Crippen molar-refractivity contribution in [1.82, 2.24) is 0 Å². The van der Waals surface area contributed by atoms with Crippen LogP contribution in [0.25, 0.3) is 0 Å². The Morgan fingerprint density at radius 1 is 1.16 bits per heavy atom. The maximum atomic E-state index is 12.1. The molecule has 0 bridgehead atoms. The molecule has 1 amide bonds. The predicted molar refractivity (Wildman–Crippen MR) is 89.5 cm³/mol. The molecule has 1 N–H and O–H groups in total. The highest BCUT2D eigenvalue weighted by Crippen LogP contribution is 2.34. The first-order valence-electron chi connectivity index (χ1n) is 7.27. The molecule has 1 aliphatic rings. The van der Waals surface area contributed by atoms with Crippen molar-refractivity contribution >= 4 is 29.2 Å². The second-order valence-corrected chi connectivity index (χ2v) is 5.47. The van der Waals surface area contributed by atoms with Crippen LogP contribution in [0.1, 0.15) is 10.4 Å². The highest BCUT2D eigenvalue weighted by atomic mass is 35.5. The number of ether oxygens (including phenoxy) is 4. The summed E-state index contributed by atoms with van der Waals surface area (Å²) < 4.78 is 20.5. The van der Waals surface area contributed by atoms with E-state index in [2.05, 4.69) is 5.32 Å². The Labute approximate surface area is 148 Å². The summed E-state index contributed by atoms with van der Waals surface area (Å²) in [5, 5.41) is 3.04. The molecular formula is C17H14ClNO6. The standard InChI is InChI=1S/C17H14ClNO6/c1-22-14-6-10(18)2-4-12(14)17(21)23-8-16(20)19-11-3-5-13-15(7-11)25-9-24-13/h2-7H,8-9H2,1H3,(H,19,20). The average Bonchev–Trinajstić information content (AvgIpc) is 3.07. The Balaban J connectivity index is 1.58. The molecule has 0 fully saturated rings. The van der Waals surface area contributed by atoms with Gasteiger partial charge >= 0.3 is 5.97 Å². The molecule has 0 aliphatic carbocycles. The highest BCUT2D eigenvalue weighted by molar-refractivity contribution is 6.30. The second kappa shape index (κ2) is 7.31. The van der Waals surface area contributed by atoms with Gasteiger partial charge in [0.1, 0.15) is 11.3 Å². The molecule has 1 aliphatic heterocycles. The number of carbonyl (C=O) groups excluding carboxylic acids is 2. The predicted octanol–water partition coefficient (Wildman–Crippen LogP) is 2.87. The second-order valence-electron chi connectivity index (χ2n) is 5.04. The van der Waals surface area contributed by atoms with E-state index in [9.17, 15) is 9.59 Å². The molecule has 130 valence electrons. The number of benzene rings is 2. The van der Waals surface area contributed by atoms with Crippen molar-refractivity contribution in [3.8, 4) is 17.2 Å². The summed E-state index contributed by atoms with van der Waals surface area (Å²) in [7, 11) is 1.41. The summed E-state index contributed by atoms with van der Waals surface area (Å²) >= 11 is 5.84. The van der Waals surface area contributed by atoms with Gasteiger partial charge < -0.3 is 24.3 Å². The molecule has 1 heterocycles. The summed E-state index contributed by atoms with van der Waals surface area (Å²) in [6, 6.07) is 9.47. The van der Waals surface area contributed by atoms with Crippen molar-refractivity contribution < 1.29 is 28.5 Å². The van der Waals surface area contributed by atoms with Crippen molar-refractivity contribution in [1.29, 1.82) is 0 Å². The monoisotopic (exact) mass is 363 g/mol. The summed E-state index contributed by atoms with van der Waals surface area (Å²) in [6.07, 6.45) is 0. The lowest BCUT2D eigenvalue weighted by Gasteiger charge is -2.10. The van der Waals surface area contributed by atoms with E-state index in [-0.39, 0.29) is 18.1 Å². The number of hydrogen-bond donors (Lipinski definition) is 1. The van der Waals surface area contributed by atoms with Crippen LogP contribution in [-0.4, -0.2) is 32.4 Å². The highest BCUT2D eigenvalue weighted by Gasteiger charge is 2.17. The first kappa shape index (κ1) is 16.9. The van der Waals surface area contributed by atoms with Crippen LogP contribution in [0.5, 0.6) is 17.2 Å². The summed E-state index contributed by atoms with van der Waals surface area (Å²) in [4.78, 5) is 24.0. The summed E-state index contributed by atoms with van der Waals surface area (Å²) in [5.41, 5.74) is 0.692. The number of methoxy groups -OCH3 is 1. The van der Waals surface area contributed by atoms with E-state index in [1.807, 2.05) is 0 Å². The lowest BCUT2D eigenvalue weighted by atomic mass is 10.2. The Kier molecular flexibility index (Phi) is 4.95. The van der Waals surface area contributed by atoms with Gasteiger partial charge in [-0.2, -0.15) is 0 Å². The number of carbonyl (C=O) groups is 2. The van der Waals surface area contributed by atoms with Gasteiger partial charge in [0.05, 0.1) is 7.11 Å². The third-order valence-electron chi connectivity index (χ3n) is 3.37. The largest absolute Gasteiger partial charge is 0.496 e. The minimum atomic E-state index is -0.686. The molecule has 0 saturated carbocycles. The van der Waals surface area contributed by atoms with E-state index in [0.29, 0.717) is 22.2 Å². The van der Waals surface area contributed by atoms with Crippen LogP contribution in [0, 0.1) is 0 Å². The molecule has 0 radical (unpaired) electrons. The molecule has 0 aromatic heterocycles. The summed E-state index contributed by atoms with van der Waals surface area (Å²) in [5.74, 6) is 0.253. The smallest absolute Gasteiger partial charge is 0.342 e. The van der Waals surface area contributed by atoms with Crippen LogP contribution >= 0.6 is 11.6 Å². The van der Waals surface area contributed by atoms with Crippen molar-refractivity contribution in [2.24, 2.45) is 0 Å². The molecule has 0 atom stereocenters. The van der Waals surface area contributed by atoms with Gasteiger partial charge in [-0.15, -0.1) is 0 Å². The molecule has 7 nitrogen and oxygen atoms in total. The zero-order chi connectivity index (χ0) is 17.8. The van der Waals surface area contributed by atoms with E-state index in [1.54, 1.807) is 18.2 Å². The van der Waals surface area contributed by atoms with Crippen molar-refractivity contribution in [2.75, 3.05) is 25.8 Å². The van der Waals surface area contributed by atoms with Gasteiger partial charge in [-0.3, -0.25) is 4.79 Å². The number of amides is 1. The van der Waals surface area contributed by atoms with Gasteiger partial charge in [-0.05, 0) is 30.3 Å². The molecule has 2 aromatic rings. The van der Waals surface area contributed by atoms with Gasteiger partial charge in [0.15, 0.2) is 18.1 Å². The van der Waals surface area contributed by atoms with Crippen LogP contribution < -0.4 is 19.5 Å². The third-order valence-corrected chi connectivity index (χ3v) is 3.61. The third kappa shape index (κ3) is 3.95. The van der Waals surface area contributed by atoms with E-state index >= 15 is 0 Å². The fraction of sp³-hybridized carbons (Fsp3) is 0.176. The Bertz CT molecular complexity index is 823. The zero-order valence-corrected chi connectivity index (χ0v) is 14.0. The maximum absolute atomic E-state index is 12.1. The fourth-order valence-corrected chi connectivity index (χ4v) is 2.38. The number of nitrogens with one attached hydrogen (secondary N) is 1. The van der Waals surface area contributed by atoms with Crippen LogP contribution in [0.4, 0.5) is 5.69 Å². The number of hydrogen-bond acceptors (Lipinski definition) is 6. The summed E-state index contributed by atoms with van der Waals surface area (Å²) in [6.45, 7) is -0.299. The molecule has 8 heteroatoms. The normalized spacial score (nSPS) is 11.8. The molecule has 3 rings (SSSR count). The first-order chi connectivity index (χ1) is 12.1. The Morgan fingerprint density at radius 2 is 1.96 bits per heavy atom. The average molecular weight is 364 g/mol. The van der Waals surface area contributed by atoms with Crippen molar-refractivity contribution in [3.63, 3.8) is 0 Å². The Morgan fingerprint density at radius 3 is 2.76 bits per heavy atom. The van der Waals surface area contributed by atoms with Crippen LogP contribution in [-0.2, 0) is 9.53 Å². The SMILES string of the molecule is COc1cc(Cl)ccc1C(=O)OCC(=O)Nc1ccc2c(c1)OCO2. The number of halogens is 1. The van der Waals surface area contributed by atoms with Crippen molar-refractivity contribution in [2.45, 2.75) is 0 Å². The minimum absolute atomic E-state index is 0.146.